The van der Waals surface area contributed by atoms with Crippen LogP contribution in [0.5, 0.6) is 11.5 Å². The SMILES string of the molecule is O=C(NCc1ccc2c(c1)OCO2)C1CNCC1c1ccccc1. The number of rotatable bonds is 4. The molecule has 0 radical (unpaired) electrons. The minimum absolute atomic E-state index is 0.0404. The van der Waals surface area contributed by atoms with Crippen LogP contribution in [0.25, 0.3) is 0 Å². The summed E-state index contributed by atoms with van der Waals surface area (Å²) in [6.07, 6.45) is 0. The average Bonchev–Trinajstić information content (AvgIpc) is 3.29. The van der Waals surface area contributed by atoms with Gasteiger partial charge in [-0.05, 0) is 23.3 Å². The predicted molar refractivity (Wildman–Crippen MR) is 90.0 cm³/mol. The molecule has 1 fully saturated rings. The van der Waals surface area contributed by atoms with E-state index in [4.69, 9.17) is 9.47 Å². The van der Waals surface area contributed by atoms with Crippen molar-refractivity contribution in [3.05, 3.63) is 59.7 Å². The lowest BCUT2D eigenvalue weighted by atomic mass is 9.88. The third-order valence-electron chi connectivity index (χ3n) is 4.68. The highest BCUT2D eigenvalue weighted by atomic mass is 16.7. The van der Waals surface area contributed by atoms with Gasteiger partial charge in [-0.3, -0.25) is 4.79 Å². The van der Waals surface area contributed by atoms with Gasteiger partial charge in [0, 0.05) is 25.6 Å². The van der Waals surface area contributed by atoms with E-state index in [9.17, 15) is 4.79 Å². The van der Waals surface area contributed by atoms with Crippen molar-refractivity contribution in [2.75, 3.05) is 19.9 Å². The van der Waals surface area contributed by atoms with E-state index in [2.05, 4.69) is 22.8 Å². The molecule has 2 atom stereocenters. The van der Waals surface area contributed by atoms with Crippen LogP contribution in [0.2, 0.25) is 0 Å². The molecule has 4 rings (SSSR count). The number of hydrogen-bond acceptors (Lipinski definition) is 4. The Morgan fingerprint density at radius 3 is 2.79 bits per heavy atom. The summed E-state index contributed by atoms with van der Waals surface area (Å²) in [5, 5.41) is 6.39. The zero-order chi connectivity index (χ0) is 16.4. The fourth-order valence-corrected chi connectivity index (χ4v) is 3.38. The molecule has 0 bridgehead atoms. The molecule has 2 unspecified atom stereocenters. The molecule has 24 heavy (non-hydrogen) atoms. The van der Waals surface area contributed by atoms with Crippen LogP contribution in [0.4, 0.5) is 0 Å². The molecule has 2 aromatic carbocycles. The van der Waals surface area contributed by atoms with E-state index in [1.165, 1.54) is 5.56 Å². The number of carbonyl (C=O) groups excluding carboxylic acids is 1. The summed E-state index contributed by atoms with van der Waals surface area (Å²) in [4.78, 5) is 12.6. The molecule has 0 saturated carbocycles. The lowest BCUT2D eigenvalue weighted by molar-refractivity contribution is -0.125. The third kappa shape index (κ3) is 2.95. The number of carbonyl (C=O) groups is 1. The number of amides is 1. The highest BCUT2D eigenvalue weighted by Crippen LogP contribution is 2.32. The zero-order valence-corrected chi connectivity index (χ0v) is 13.3. The molecule has 2 heterocycles. The number of benzene rings is 2. The summed E-state index contributed by atoms with van der Waals surface area (Å²) in [5.41, 5.74) is 2.22. The van der Waals surface area contributed by atoms with E-state index in [-0.39, 0.29) is 24.5 Å². The first kappa shape index (κ1) is 15.0. The Morgan fingerprint density at radius 1 is 1.08 bits per heavy atom. The normalized spacial score (nSPS) is 21.7. The van der Waals surface area contributed by atoms with Crippen LogP contribution in [0, 0.1) is 5.92 Å². The summed E-state index contributed by atoms with van der Waals surface area (Å²) >= 11 is 0. The van der Waals surface area contributed by atoms with Crippen molar-refractivity contribution < 1.29 is 14.3 Å². The van der Waals surface area contributed by atoms with Gasteiger partial charge >= 0.3 is 0 Å². The van der Waals surface area contributed by atoms with Crippen molar-refractivity contribution in [3.63, 3.8) is 0 Å². The van der Waals surface area contributed by atoms with Gasteiger partial charge in [-0.2, -0.15) is 0 Å². The van der Waals surface area contributed by atoms with E-state index in [0.717, 1.165) is 23.6 Å². The first-order valence-electron chi connectivity index (χ1n) is 8.23. The van der Waals surface area contributed by atoms with Crippen molar-refractivity contribution in [1.82, 2.24) is 10.6 Å². The molecule has 0 aromatic heterocycles. The first-order chi connectivity index (χ1) is 11.8. The summed E-state index contributed by atoms with van der Waals surface area (Å²) in [6, 6.07) is 16.0. The third-order valence-corrected chi connectivity index (χ3v) is 4.68. The smallest absolute Gasteiger partial charge is 0.231 e. The van der Waals surface area contributed by atoms with Gasteiger partial charge in [0.15, 0.2) is 11.5 Å². The van der Waals surface area contributed by atoms with Gasteiger partial charge in [-0.25, -0.2) is 0 Å². The number of ether oxygens (including phenoxy) is 2. The average molecular weight is 324 g/mol. The van der Waals surface area contributed by atoms with Crippen LogP contribution in [0.1, 0.15) is 17.0 Å². The molecule has 1 saturated heterocycles. The van der Waals surface area contributed by atoms with Crippen LogP contribution in [0.15, 0.2) is 48.5 Å². The van der Waals surface area contributed by atoms with E-state index in [0.29, 0.717) is 13.1 Å². The lowest BCUT2D eigenvalue weighted by Gasteiger charge is -2.18. The molecule has 2 aliphatic heterocycles. The van der Waals surface area contributed by atoms with Gasteiger partial charge in [0.25, 0.3) is 0 Å². The number of fused-ring (bicyclic) bond motifs is 1. The summed E-state index contributed by atoms with van der Waals surface area (Å²) in [7, 11) is 0. The van der Waals surface area contributed by atoms with Crippen molar-refractivity contribution in [3.8, 4) is 11.5 Å². The zero-order valence-electron chi connectivity index (χ0n) is 13.3. The summed E-state index contributed by atoms with van der Waals surface area (Å²) in [5.74, 6) is 1.77. The van der Waals surface area contributed by atoms with Crippen LogP contribution < -0.4 is 20.1 Å². The van der Waals surface area contributed by atoms with E-state index < -0.39 is 0 Å². The fraction of sp³-hybridized carbons (Fsp3) is 0.316. The van der Waals surface area contributed by atoms with Gasteiger partial charge in [-0.15, -0.1) is 0 Å². The molecule has 1 amide bonds. The Bertz CT molecular complexity index is 733. The topological polar surface area (TPSA) is 59.6 Å². The largest absolute Gasteiger partial charge is 0.454 e. The second kappa shape index (κ2) is 6.53. The van der Waals surface area contributed by atoms with Crippen molar-refractivity contribution >= 4 is 5.91 Å². The lowest BCUT2D eigenvalue weighted by Crippen LogP contribution is -2.34. The maximum atomic E-state index is 12.6. The van der Waals surface area contributed by atoms with Crippen LogP contribution in [-0.4, -0.2) is 25.8 Å². The maximum Gasteiger partial charge on any atom is 0.231 e. The Kier molecular flexibility index (Phi) is 4.09. The van der Waals surface area contributed by atoms with Crippen molar-refractivity contribution in [2.45, 2.75) is 12.5 Å². The molecule has 2 aromatic rings. The summed E-state index contributed by atoms with van der Waals surface area (Å²) in [6.45, 7) is 2.31. The Balaban J connectivity index is 1.40. The molecular weight excluding hydrogens is 304 g/mol. The van der Waals surface area contributed by atoms with Crippen molar-refractivity contribution in [1.29, 1.82) is 0 Å². The predicted octanol–water partition coefficient (Wildman–Crippen LogP) is 2.03. The second-order valence-electron chi connectivity index (χ2n) is 6.19. The molecule has 2 N–H and O–H groups in total. The highest BCUT2D eigenvalue weighted by Gasteiger charge is 2.33. The van der Waals surface area contributed by atoms with Crippen LogP contribution in [-0.2, 0) is 11.3 Å². The Hall–Kier alpha value is -2.53. The molecular formula is C19H20N2O3. The van der Waals surface area contributed by atoms with E-state index >= 15 is 0 Å². The summed E-state index contributed by atoms with van der Waals surface area (Å²) < 4.78 is 10.7. The van der Waals surface area contributed by atoms with E-state index in [1.807, 2.05) is 36.4 Å². The van der Waals surface area contributed by atoms with Gasteiger partial charge in [0.05, 0.1) is 5.92 Å². The van der Waals surface area contributed by atoms with Crippen LogP contribution >= 0.6 is 0 Å². The van der Waals surface area contributed by atoms with Gasteiger partial charge in [-0.1, -0.05) is 36.4 Å². The van der Waals surface area contributed by atoms with E-state index in [1.54, 1.807) is 0 Å². The molecule has 2 aliphatic rings. The molecule has 0 aliphatic carbocycles. The quantitative estimate of drug-likeness (QED) is 0.903. The highest BCUT2D eigenvalue weighted by molar-refractivity contribution is 5.80. The second-order valence-corrected chi connectivity index (χ2v) is 6.19. The molecule has 5 heteroatoms. The minimum Gasteiger partial charge on any atom is -0.454 e. The standard InChI is InChI=1S/C19H20N2O3/c22-19(16-11-20-10-15(16)14-4-2-1-3-5-14)21-9-13-6-7-17-18(8-13)24-12-23-17/h1-8,15-16,20H,9-12H2,(H,21,22). The van der Waals surface area contributed by atoms with Crippen LogP contribution in [0.3, 0.4) is 0 Å². The molecule has 0 spiro atoms. The van der Waals surface area contributed by atoms with Gasteiger partial charge in [0.1, 0.15) is 0 Å². The Morgan fingerprint density at radius 2 is 1.92 bits per heavy atom. The van der Waals surface area contributed by atoms with Gasteiger partial charge in [0.2, 0.25) is 12.7 Å². The first-order valence-corrected chi connectivity index (χ1v) is 8.23. The van der Waals surface area contributed by atoms with Gasteiger partial charge < -0.3 is 20.1 Å². The number of hydrogen-bond donors (Lipinski definition) is 2. The minimum atomic E-state index is -0.0404. The van der Waals surface area contributed by atoms with Crippen molar-refractivity contribution in [2.24, 2.45) is 5.92 Å². The fourth-order valence-electron chi connectivity index (χ4n) is 3.38. The molecule has 5 nitrogen and oxygen atoms in total. The molecule has 124 valence electrons. The monoisotopic (exact) mass is 324 g/mol. The Labute approximate surface area is 141 Å². The number of nitrogens with one attached hydrogen (secondary N) is 2. The maximum absolute atomic E-state index is 12.6.